The van der Waals surface area contributed by atoms with Crippen LogP contribution in [0.1, 0.15) is 23.3 Å². The molecule has 0 spiro atoms. The van der Waals surface area contributed by atoms with E-state index in [1.807, 2.05) is 0 Å². The highest BCUT2D eigenvalue weighted by molar-refractivity contribution is 7.89. The van der Waals surface area contributed by atoms with E-state index >= 15 is 0 Å². The van der Waals surface area contributed by atoms with E-state index in [1.165, 1.54) is 39.3 Å². The number of aryl methyl sites for hydroxylation is 1. The molecule has 2 heterocycles. The zero-order valence-electron chi connectivity index (χ0n) is 13.2. The number of halogens is 1. The van der Waals surface area contributed by atoms with Gasteiger partial charge in [-0.05, 0) is 37.1 Å². The van der Waals surface area contributed by atoms with Gasteiger partial charge in [0.25, 0.3) is 5.91 Å². The van der Waals surface area contributed by atoms with Gasteiger partial charge >= 0.3 is 0 Å². The second-order valence-electron chi connectivity index (χ2n) is 5.75. The van der Waals surface area contributed by atoms with E-state index in [0.29, 0.717) is 18.8 Å². The van der Waals surface area contributed by atoms with Crippen molar-refractivity contribution in [2.24, 2.45) is 7.05 Å². The van der Waals surface area contributed by atoms with Crippen LogP contribution in [-0.2, 0) is 17.1 Å². The third kappa shape index (κ3) is 3.20. The molecular formula is C16H18FN3O3S. The van der Waals surface area contributed by atoms with Crippen LogP contribution in [0.25, 0.3) is 0 Å². The second-order valence-corrected chi connectivity index (χ2v) is 7.69. The van der Waals surface area contributed by atoms with Crippen LogP contribution in [0.5, 0.6) is 0 Å². The highest BCUT2D eigenvalue weighted by Gasteiger charge is 2.29. The Balaban J connectivity index is 1.84. The number of aromatic nitrogens is 1. The summed E-state index contributed by atoms with van der Waals surface area (Å²) in [6.07, 6.45) is 3.12. The van der Waals surface area contributed by atoms with Gasteiger partial charge in [-0.15, -0.1) is 0 Å². The molecule has 1 aromatic carbocycles. The first-order chi connectivity index (χ1) is 11.4. The fourth-order valence-corrected chi connectivity index (χ4v) is 4.33. The van der Waals surface area contributed by atoms with Crippen molar-refractivity contribution in [1.29, 1.82) is 0 Å². The minimum Gasteiger partial charge on any atom is -0.345 e. The first-order valence-corrected chi connectivity index (χ1v) is 9.05. The van der Waals surface area contributed by atoms with Gasteiger partial charge in [-0.1, -0.05) is 6.07 Å². The van der Waals surface area contributed by atoms with Crippen molar-refractivity contribution >= 4 is 21.6 Å². The van der Waals surface area contributed by atoms with Gasteiger partial charge in [-0.2, -0.15) is 4.31 Å². The zero-order valence-corrected chi connectivity index (χ0v) is 14.0. The number of carbonyl (C=O) groups excluding carboxylic acids is 1. The van der Waals surface area contributed by atoms with Gasteiger partial charge in [0, 0.05) is 32.0 Å². The van der Waals surface area contributed by atoms with Gasteiger partial charge in [0.15, 0.2) is 0 Å². The molecule has 0 bridgehead atoms. The zero-order chi connectivity index (χ0) is 17.3. The maximum absolute atomic E-state index is 13.2. The number of nitrogens with one attached hydrogen (secondary N) is 1. The summed E-state index contributed by atoms with van der Waals surface area (Å²) in [4.78, 5) is 12.4. The fourth-order valence-electron chi connectivity index (χ4n) is 2.74. The van der Waals surface area contributed by atoms with Gasteiger partial charge in [0.05, 0.1) is 0 Å². The van der Waals surface area contributed by atoms with Crippen LogP contribution in [0.2, 0.25) is 0 Å². The molecule has 1 amide bonds. The lowest BCUT2D eigenvalue weighted by Crippen LogP contribution is -2.27. The van der Waals surface area contributed by atoms with Crippen LogP contribution >= 0.6 is 0 Å². The second kappa shape index (κ2) is 6.37. The Kier molecular flexibility index (Phi) is 4.42. The van der Waals surface area contributed by atoms with E-state index in [1.54, 1.807) is 13.1 Å². The van der Waals surface area contributed by atoms with E-state index in [-0.39, 0.29) is 10.6 Å². The van der Waals surface area contributed by atoms with Crippen LogP contribution in [0.15, 0.2) is 41.4 Å². The fraction of sp³-hybridized carbons (Fsp3) is 0.312. The largest absolute Gasteiger partial charge is 0.345 e. The molecule has 6 nitrogen and oxygen atoms in total. The number of rotatable bonds is 4. The third-order valence-corrected chi connectivity index (χ3v) is 5.86. The molecular weight excluding hydrogens is 333 g/mol. The molecule has 0 unspecified atom stereocenters. The van der Waals surface area contributed by atoms with Crippen molar-refractivity contribution in [3.63, 3.8) is 0 Å². The van der Waals surface area contributed by atoms with Crippen LogP contribution in [-0.4, -0.2) is 36.3 Å². The number of benzene rings is 1. The third-order valence-electron chi connectivity index (χ3n) is 4.00. The number of carbonyl (C=O) groups is 1. The topological polar surface area (TPSA) is 71.4 Å². The Hall–Kier alpha value is -2.19. The lowest BCUT2D eigenvalue weighted by Gasteiger charge is -2.13. The number of nitrogens with zero attached hydrogens (tertiary/aromatic N) is 2. The Morgan fingerprint density at radius 1 is 1.21 bits per heavy atom. The molecule has 128 valence electrons. The van der Waals surface area contributed by atoms with E-state index < -0.39 is 21.7 Å². The van der Waals surface area contributed by atoms with Crippen molar-refractivity contribution in [3.8, 4) is 0 Å². The van der Waals surface area contributed by atoms with Gasteiger partial charge in [-0.25, -0.2) is 12.8 Å². The number of sulfonamides is 1. The molecule has 1 aliphatic rings. The predicted octanol–water partition coefficient (Wildman–Crippen LogP) is 2.20. The van der Waals surface area contributed by atoms with Crippen LogP contribution in [0.3, 0.4) is 0 Å². The minimum absolute atomic E-state index is 0.0938. The first kappa shape index (κ1) is 16.7. The molecule has 8 heteroatoms. The molecule has 0 aliphatic carbocycles. The van der Waals surface area contributed by atoms with Crippen molar-refractivity contribution in [2.45, 2.75) is 17.7 Å². The Morgan fingerprint density at radius 2 is 1.92 bits per heavy atom. The summed E-state index contributed by atoms with van der Waals surface area (Å²) >= 11 is 0. The molecule has 0 atom stereocenters. The summed E-state index contributed by atoms with van der Waals surface area (Å²) in [5.41, 5.74) is 0.502. The Labute approximate surface area is 139 Å². The molecule has 1 N–H and O–H groups in total. The maximum Gasteiger partial charge on any atom is 0.272 e. The Morgan fingerprint density at radius 3 is 2.58 bits per heavy atom. The van der Waals surface area contributed by atoms with E-state index in [4.69, 9.17) is 0 Å². The summed E-state index contributed by atoms with van der Waals surface area (Å²) in [5, 5.41) is 2.57. The molecule has 1 aromatic heterocycles. The summed E-state index contributed by atoms with van der Waals surface area (Å²) < 4.78 is 41.2. The van der Waals surface area contributed by atoms with Crippen LogP contribution < -0.4 is 5.32 Å². The average Bonchev–Trinajstić information content (AvgIpc) is 3.17. The molecule has 1 aliphatic heterocycles. The minimum atomic E-state index is -3.58. The lowest BCUT2D eigenvalue weighted by atomic mass is 10.3. The molecule has 2 aromatic rings. The standard InChI is InChI=1S/C16H18FN3O3S/c1-19-11-14(24(22,23)20-7-2-3-8-20)10-15(19)16(21)18-13-6-4-5-12(17)9-13/h4-6,9-11H,2-3,7-8H2,1H3,(H,18,21). The maximum atomic E-state index is 13.2. The SMILES string of the molecule is Cn1cc(S(=O)(=O)N2CCCC2)cc1C(=O)Nc1cccc(F)c1. The van der Waals surface area contributed by atoms with Crippen molar-refractivity contribution < 1.29 is 17.6 Å². The Bertz CT molecular complexity index is 870. The predicted molar refractivity (Wildman–Crippen MR) is 87.8 cm³/mol. The van der Waals surface area contributed by atoms with Gasteiger partial charge < -0.3 is 9.88 Å². The van der Waals surface area contributed by atoms with Crippen molar-refractivity contribution in [1.82, 2.24) is 8.87 Å². The molecule has 1 fully saturated rings. The molecule has 0 radical (unpaired) electrons. The van der Waals surface area contributed by atoms with Crippen molar-refractivity contribution in [3.05, 3.63) is 48.0 Å². The van der Waals surface area contributed by atoms with Gasteiger partial charge in [-0.3, -0.25) is 4.79 Å². The summed E-state index contributed by atoms with van der Waals surface area (Å²) in [5.74, 6) is -0.956. The van der Waals surface area contributed by atoms with E-state index in [9.17, 15) is 17.6 Å². The first-order valence-electron chi connectivity index (χ1n) is 7.61. The highest BCUT2D eigenvalue weighted by atomic mass is 32.2. The molecule has 3 rings (SSSR count). The van der Waals surface area contributed by atoms with E-state index in [2.05, 4.69) is 5.32 Å². The number of hydrogen-bond donors (Lipinski definition) is 1. The summed E-state index contributed by atoms with van der Waals surface area (Å²) in [6.45, 7) is 1.00. The summed E-state index contributed by atoms with van der Waals surface area (Å²) in [6, 6.07) is 6.87. The average molecular weight is 351 g/mol. The highest BCUT2D eigenvalue weighted by Crippen LogP contribution is 2.23. The van der Waals surface area contributed by atoms with Crippen LogP contribution in [0, 0.1) is 5.82 Å². The van der Waals surface area contributed by atoms with Gasteiger partial charge in [0.2, 0.25) is 10.0 Å². The lowest BCUT2D eigenvalue weighted by molar-refractivity contribution is 0.101. The monoisotopic (exact) mass is 351 g/mol. The molecule has 1 saturated heterocycles. The normalized spacial score (nSPS) is 15.6. The number of hydrogen-bond acceptors (Lipinski definition) is 3. The molecule has 0 saturated carbocycles. The number of amides is 1. The quantitative estimate of drug-likeness (QED) is 0.918. The van der Waals surface area contributed by atoms with E-state index in [0.717, 1.165) is 12.8 Å². The number of anilines is 1. The smallest absolute Gasteiger partial charge is 0.272 e. The van der Waals surface area contributed by atoms with Crippen molar-refractivity contribution in [2.75, 3.05) is 18.4 Å². The summed E-state index contributed by atoms with van der Waals surface area (Å²) in [7, 11) is -1.98. The molecule has 24 heavy (non-hydrogen) atoms. The van der Waals surface area contributed by atoms with Crippen LogP contribution in [0.4, 0.5) is 10.1 Å². The van der Waals surface area contributed by atoms with Gasteiger partial charge in [0.1, 0.15) is 16.4 Å².